The molecule has 0 aliphatic heterocycles. The van der Waals surface area contributed by atoms with Gasteiger partial charge in [0.15, 0.2) is 0 Å². The van der Waals surface area contributed by atoms with E-state index < -0.39 is 0 Å². The standard InChI is InChI=1S/C12H25ClO3/c1-12(4-6-13)5-9-16-11-10-15-8-3-7-14-2/h12H,3-11H2,1-2H3. The summed E-state index contributed by atoms with van der Waals surface area (Å²) in [6.07, 6.45) is 3.10. The van der Waals surface area contributed by atoms with Crippen LogP contribution in [-0.2, 0) is 14.2 Å². The maximum absolute atomic E-state index is 5.65. The van der Waals surface area contributed by atoms with Crippen molar-refractivity contribution in [1.29, 1.82) is 0 Å². The second-order valence-corrected chi connectivity index (χ2v) is 4.32. The summed E-state index contributed by atoms with van der Waals surface area (Å²) in [5, 5.41) is 0. The normalized spacial score (nSPS) is 12.9. The quantitative estimate of drug-likeness (QED) is 0.395. The molecule has 1 atom stereocenters. The lowest BCUT2D eigenvalue weighted by Crippen LogP contribution is -2.09. The monoisotopic (exact) mass is 252 g/mol. The molecule has 1 unspecified atom stereocenters. The summed E-state index contributed by atoms with van der Waals surface area (Å²) >= 11 is 5.65. The van der Waals surface area contributed by atoms with Gasteiger partial charge in [-0.3, -0.25) is 0 Å². The Kier molecular flexibility index (Phi) is 13.4. The third-order valence-corrected chi connectivity index (χ3v) is 2.58. The van der Waals surface area contributed by atoms with Crippen molar-refractivity contribution in [3.63, 3.8) is 0 Å². The molecular formula is C12H25ClO3. The molecule has 0 saturated heterocycles. The van der Waals surface area contributed by atoms with E-state index in [9.17, 15) is 0 Å². The van der Waals surface area contributed by atoms with Crippen molar-refractivity contribution < 1.29 is 14.2 Å². The minimum atomic E-state index is 0.653. The van der Waals surface area contributed by atoms with Crippen molar-refractivity contribution in [3.05, 3.63) is 0 Å². The van der Waals surface area contributed by atoms with Crippen LogP contribution in [0.2, 0.25) is 0 Å². The second kappa shape index (κ2) is 13.2. The zero-order chi connectivity index (χ0) is 12.1. The van der Waals surface area contributed by atoms with Gasteiger partial charge in [0.05, 0.1) is 13.2 Å². The first kappa shape index (κ1) is 16.2. The molecule has 0 bridgehead atoms. The van der Waals surface area contributed by atoms with Gasteiger partial charge in [0, 0.05) is 32.8 Å². The van der Waals surface area contributed by atoms with Crippen LogP contribution in [0.1, 0.15) is 26.2 Å². The van der Waals surface area contributed by atoms with Crippen LogP contribution in [0, 0.1) is 5.92 Å². The van der Waals surface area contributed by atoms with Crippen molar-refractivity contribution >= 4 is 11.6 Å². The predicted octanol–water partition coefficient (Wildman–Crippen LogP) is 2.71. The third-order valence-electron chi connectivity index (χ3n) is 2.37. The average molecular weight is 253 g/mol. The Hall–Kier alpha value is 0.170. The van der Waals surface area contributed by atoms with Gasteiger partial charge in [-0.1, -0.05) is 6.92 Å². The summed E-state index contributed by atoms with van der Waals surface area (Å²) in [7, 11) is 1.70. The molecule has 0 fully saturated rings. The smallest absolute Gasteiger partial charge is 0.0700 e. The first-order valence-corrected chi connectivity index (χ1v) is 6.55. The summed E-state index contributed by atoms with van der Waals surface area (Å²) in [6, 6.07) is 0. The molecule has 0 radical (unpaired) electrons. The SMILES string of the molecule is COCCCOCCOCCC(C)CCCl. The molecule has 3 nitrogen and oxygen atoms in total. The number of hydrogen-bond donors (Lipinski definition) is 0. The predicted molar refractivity (Wildman–Crippen MR) is 67.2 cm³/mol. The van der Waals surface area contributed by atoms with Crippen LogP contribution in [0.3, 0.4) is 0 Å². The maximum Gasteiger partial charge on any atom is 0.0700 e. The first-order valence-electron chi connectivity index (χ1n) is 6.01. The number of alkyl halides is 1. The molecule has 4 heteroatoms. The van der Waals surface area contributed by atoms with Gasteiger partial charge in [0.25, 0.3) is 0 Å². The molecule has 0 rings (SSSR count). The van der Waals surface area contributed by atoms with E-state index in [1.807, 2.05) is 0 Å². The van der Waals surface area contributed by atoms with Gasteiger partial charge in [0.2, 0.25) is 0 Å². The van der Waals surface area contributed by atoms with Gasteiger partial charge in [-0.25, -0.2) is 0 Å². The molecule has 0 aliphatic carbocycles. The highest BCUT2D eigenvalue weighted by molar-refractivity contribution is 6.17. The van der Waals surface area contributed by atoms with Gasteiger partial charge in [-0.05, 0) is 25.2 Å². The van der Waals surface area contributed by atoms with Crippen LogP contribution in [0.5, 0.6) is 0 Å². The minimum absolute atomic E-state index is 0.653. The summed E-state index contributed by atoms with van der Waals surface area (Å²) in [4.78, 5) is 0. The van der Waals surface area contributed by atoms with Crippen LogP contribution in [-0.4, -0.2) is 46.0 Å². The Labute approximate surface area is 104 Å². The van der Waals surface area contributed by atoms with Crippen molar-refractivity contribution in [3.8, 4) is 0 Å². The highest BCUT2D eigenvalue weighted by atomic mass is 35.5. The van der Waals surface area contributed by atoms with Crippen molar-refractivity contribution in [2.75, 3.05) is 46.0 Å². The average Bonchev–Trinajstić information content (AvgIpc) is 2.27. The molecule has 0 spiro atoms. The van der Waals surface area contributed by atoms with Crippen LogP contribution in [0.25, 0.3) is 0 Å². The molecule has 0 aromatic carbocycles. The van der Waals surface area contributed by atoms with Crippen LogP contribution in [0.15, 0.2) is 0 Å². The molecule has 98 valence electrons. The van der Waals surface area contributed by atoms with Crippen LogP contribution >= 0.6 is 11.6 Å². The van der Waals surface area contributed by atoms with E-state index in [4.69, 9.17) is 25.8 Å². The Bertz CT molecular complexity index is 133. The molecule has 0 heterocycles. The molecule has 0 amide bonds. The maximum atomic E-state index is 5.65. The molecule has 16 heavy (non-hydrogen) atoms. The van der Waals surface area contributed by atoms with Crippen LogP contribution < -0.4 is 0 Å². The number of ether oxygens (including phenoxy) is 3. The Morgan fingerprint density at radius 1 is 0.938 bits per heavy atom. The highest BCUT2D eigenvalue weighted by Crippen LogP contribution is 2.07. The van der Waals surface area contributed by atoms with E-state index in [2.05, 4.69) is 6.92 Å². The fourth-order valence-corrected chi connectivity index (χ4v) is 1.61. The fraction of sp³-hybridized carbons (Fsp3) is 1.00. The molecule has 0 aromatic heterocycles. The van der Waals surface area contributed by atoms with Gasteiger partial charge >= 0.3 is 0 Å². The highest BCUT2D eigenvalue weighted by Gasteiger charge is 2.00. The zero-order valence-electron chi connectivity index (χ0n) is 10.5. The van der Waals surface area contributed by atoms with Gasteiger partial charge in [0.1, 0.15) is 0 Å². The van der Waals surface area contributed by atoms with E-state index >= 15 is 0 Å². The van der Waals surface area contributed by atoms with E-state index in [1.165, 1.54) is 0 Å². The van der Waals surface area contributed by atoms with Crippen molar-refractivity contribution in [1.82, 2.24) is 0 Å². The second-order valence-electron chi connectivity index (χ2n) is 3.94. The number of rotatable bonds is 12. The zero-order valence-corrected chi connectivity index (χ0v) is 11.3. The van der Waals surface area contributed by atoms with Crippen LogP contribution in [0.4, 0.5) is 0 Å². The van der Waals surface area contributed by atoms with E-state index in [0.717, 1.165) is 45.0 Å². The van der Waals surface area contributed by atoms with Gasteiger partial charge < -0.3 is 14.2 Å². The fourth-order valence-electron chi connectivity index (χ4n) is 1.24. The topological polar surface area (TPSA) is 27.7 Å². The number of hydrogen-bond acceptors (Lipinski definition) is 3. The minimum Gasteiger partial charge on any atom is -0.385 e. The first-order chi connectivity index (χ1) is 7.81. The summed E-state index contributed by atoms with van der Waals surface area (Å²) in [5.74, 6) is 1.39. The number of methoxy groups -OCH3 is 1. The lowest BCUT2D eigenvalue weighted by atomic mass is 10.1. The van der Waals surface area contributed by atoms with E-state index in [-0.39, 0.29) is 0 Å². The van der Waals surface area contributed by atoms with E-state index in [0.29, 0.717) is 19.1 Å². The summed E-state index contributed by atoms with van der Waals surface area (Å²) < 4.78 is 15.7. The van der Waals surface area contributed by atoms with Crippen molar-refractivity contribution in [2.24, 2.45) is 5.92 Å². The number of halogens is 1. The Balaban J connectivity index is 2.98. The lowest BCUT2D eigenvalue weighted by Gasteiger charge is -2.09. The lowest BCUT2D eigenvalue weighted by molar-refractivity contribution is 0.0362. The molecule has 0 saturated carbocycles. The Morgan fingerprint density at radius 2 is 1.62 bits per heavy atom. The van der Waals surface area contributed by atoms with Crippen molar-refractivity contribution in [2.45, 2.75) is 26.2 Å². The van der Waals surface area contributed by atoms with Gasteiger partial charge in [-0.15, -0.1) is 11.6 Å². The third kappa shape index (κ3) is 12.2. The van der Waals surface area contributed by atoms with Gasteiger partial charge in [-0.2, -0.15) is 0 Å². The summed E-state index contributed by atoms with van der Waals surface area (Å²) in [6.45, 7) is 5.87. The molecule has 0 N–H and O–H groups in total. The summed E-state index contributed by atoms with van der Waals surface area (Å²) in [5.41, 5.74) is 0. The molecule has 0 aromatic rings. The van der Waals surface area contributed by atoms with E-state index in [1.54, 1.807) is 7.11 Å². The molecular weight excluding hydrogens is 228 g/mol. The molecule has 0 aliphatic rings. The Morgan fingerprint density at radius 3 is 2.25 bits per heavy atom. The largest absolute Gasteiger partial charge is 0.385 e.